The maximum Gasteiger partial charge on any atom is 0.490 e. The minimum Gasteiger partial charge on any atom is -0.435 e. The van der Waals surface area contributed by atoms with Crippen LogP contribution < -0.4 is 10.2 Å². The second kappa shape index (κ2) is 8.42. The van der Waals surface area contributed by atoms with Crippen LogP contribution in [0, 0.1) is 10.1 Å². The van der Waals surface area contributed by atoms with E-state index < -0.39 is 23.4 Å². The number of aryl methyl sites for hydroxylation is 1. The van der Waals surface area contributed by atoms with Crippen molar-refractivity contribution < 1.29 is 23.2 Å². The van der Waals surface area contributed by atoms with Gasteiger partial charge >= 0.3 is 12.6 Å². The van der Waals surface area contributed by atoms with Crippen LogP contribution in [-0.4, -0.2) is 38.4 Å². The Hall–Kier alpha value is -3.44. The molecule has 0 bridgehead atoms. The van der Waals surface area contributed by atoms with Gasteiger partial charge < -0.3 is 14.9 Å². The van der Waals surface area contributed by atoms with Gasteiger partial charge in [-0.25, -0.2) is 5.43 Å². The van der Waals surface area contributed by atoms with Gasteiger partial charge in [-0.05, 0) is 34.8 Å². The number of aromatic nitrogens is 3. The van der Waals surface area contributed by atoms with Gasteiger partial charge in [0.25, 0.3) is 0 Å². The van der Waals surface area contributed by atoms with E-state index in [9.17, 15) is 23.7 Å². The van der Waals surface area contributed by atoms with Crippen molar-refractivity contribution >= 4 is 18.1 Å². The first-order chi connectivity index (χ1) is 11.9. The monoisotopic (exact) mass is 354 g/mol. The van der Waals surface area contributed by atoms with Gasteiger partial charge in [0.15, 0.2) is 0 Å². The Morgan fingerprint density at radius 2 is 2.16 bits per heavy atom. The maximum atomic E-state index is 12.0. The molecule has 0 fully saturated rings. The van der Waals surface area contributed by atoms with E-state index in [0.717, 1.165) is 6.33 Å². The van der Waals surface area contributed by atoms with E-state index in [2.05, 4.69) is 25.3 Å². The molecule has 0 radical (unpaired) electrons. The Kier molecular flexibility index (Phi) is 6.03. The first-order valence-corrected chi connectivity index (χ1v) is 6.84. The van der Waals surface area contributed by atoms with Gasteiger partial charge in [-0.1, -0.05) is 4.98 Å². The lowest BCUT2D eigenvalue weighted by molar-refractivity contribution is -0.394. The molecular weight excluding hydrogens is 342 g/mol. The summed E-state index contributed by atoms with van der Waals surface area (Å²) in [6.45, 7) is -2.80. The van der Waals surface area contributed by atoms with Crippen molar-refractivity contribution in [2.24, 2.45) is 5.10 Å². The zero-order valence-corrected chi connectivity index (χ0v) is 12.6. The number of nitrogens with one attached hydrogen (secondary N) is 1. The van der Waals surface area contributed by atoms with Crippen LogP contribution in [0.15, 0.2) is 35.7 Å². The van der Waals surface area contributed by atoms with Crippen LogP contribution in [0.1, 0.15) is 12.0 Å². The van der Waals surface area contributed by atoms with Gasteiger partial charge in [-0.3, -0.25) is 4.79 Å². The van der Waals surface area contributed by atoms with Crippen molar-refractivity contribution in [2.75, 3.05) is 0 Å². The third-order valence-corrected chi connectivity index (χ3v) is 2.76. The number of hydrazone groups is 1. The van der Waals surface area contributed by atoms with Crippen molar-refractivity contribution in [1.29, 1.82) is 0 Å². The summed E-state index contributed by atoms with van der Waals surface area (Å²) in [6.07, 6.45) is 2.46. The van der Waals surface area contributed by atoms with Crippen LogP contribution >= 0.6 is 0 Å². The lowest BCUT2D eigenvalue weighted by Crippen LogP contribution is -2.19. The number of hydrogen-bond acceptors (Lipinski definition) is 7. The SMILES string of the molecule is O=C(CCn1cnc([N+](=O)[O-])n1)N/N=C\c1ccc(OC(F)F)cc1. The number of carbonyl (C=O) groups excluding carboxylic acids is 1. The molecule has 0 aliphatic carbocycles. The first kappa shape index (κ1) is 17.9. The molecule has 0 unspecified atom stereocenters. The average molecular weight is 354 g/mol. The molecule has 0 spiro atoms. The van der Waals surface area contributed by atoms with E-state index in [1.807, 2.05) is 0 Å². The molecule has 2 aromatic rings. The first-order valence-electron chi connectivity index (χ1n) is 6.84. The zero-order chi connectivity index (χ0) is 18.2. The Bertz CT molecular complexity index is 762. The number of benzene rings is 1. The van der Waals surface area contributed by atoms with E-state index in [4.69, 9.17) is 0 Å². The molecule has 1 heterocycles. The van der Waals surface area contributed by atoms with Crippen molar-refractivity contribution in [1.82, 2.24) is 20.2 Å². The highest BCUT2D eigenvalue weighted by atomic mass is 19.3. The number of carbonyl (C=O) groups is 1. The van der Waals surface area contributed by atoms with Crippen LogP contribution in [0.25, 0.3) is 0 Å². The lowest BCUT2D eigenvalue weighted by Gasteiger charge is -2.03. The van der Waals surface area contributed by atoms with Crippen molar-refractivity contribution in [2.45, 2.75) is 19.6 Å². The highest BCUT2D eigenvalue weighted by molar-refractivity contribution is 5.82. The van der Waals surface area contributed by atoms with Crippen LogP contribution in [0.5, 0.6) is 5.75 Å². The molecule has 1 N–H and O–H groups in total. The normalized spacial score (nSPS) is 11.0. The highest BCUT2D eigenvalue weighted by Crippen LogP contribution is 2.13. The van der Waals surface area contributed by atoms with E-state index in [1.165, 1.54) is 35.2 Å². The molecular formula is C13H12F2N6O4. The highest BCUT2D eigenvalue weighted by Gasteiger charge is 2.13. The number of amides is 1. The van der Waals surface area contributed by atoms with E-state index >= 15 is 0 Å². The third kappa shape index (κ3) is 5.93. The second-order valence-electron chi connectivity index (χ2n) is 4.56. The quantitative estimate of drug-likeness (QED) is 0.433. The maximum absolute atomic E-state index is 12.0. The molecule has 1 aromatic heterocycles. The molecule has 1 aromatic carbocycles. The Labute approximate surface area is 139 Å². The molecule has 12 heteroatoms. The minimum absolute atomic E-state index is 0.0121. The van der Waals surface area contributed by atoms with Gasteiger partial charge in [-0.15, -0.1) is 0 Å². The van der Waals surface area contributed by atoms with E-state index in [-0.39, 0.29) is 18.7 Å². The summed E-state index contributed by atoms with van der Waals surface area (Å²) in [4.78, 5) is 24.7. The van der Waals surface area contributed by atoms with Gasteiger partial charge in [0, 0.05) is 11.5 Å². The van der Waals surface area contributed by atoms with E-state index in [1.54, 1.807) is 0 Å². The molecule has 0 saturated heterocycles. The Morgan fingerprint density at radius 3 is 2.76 bits per heavy atom. The number of hydrogen-bond donors (Lipinski definition) is 1. The van der Waals surface area contributed by atoms with Crippen molar-refractivity contribution in [3.8, 4) is 5.75 Å². The summed E-state index contributed by atoms with van der Waals surface area (Å²) in [5.74, 6) is -0.970. The minimum atomic E-state index is -2.90. The summed E-state index contributed by atoms with van der Waals surface area (Å²) in [7, 11) is 0. The molecule has 0 aliphatic heterocycles. The molecule has 2 rings (SSSR count). The number of alkyl halides is 2. The standard InChI is InChI=1S/C13H12F2N6O4/c14-12(15)25-10-3-1-9(2-4-10)7-17-18-11(22)5-6-20-8-16-13(19-20)21(23)24/h1-4,7-8,12H,5-6H2,(H,18,22)/b17-7-. The predicted octanol–water partition coefficient (Wildman–Crippen LogP) is 1.33. The Balaban J connectivity index is 1.76. The van der Waals surface area contributed by atoms with Gasteiger partial charge in [0.2, 0.25) is 12.2 Å². The van der Waals surface area contributed by atoms with Crippen LogP contribution in [0.2, 0.25) is 0 Å². The molecule has 132 valence electrons. The predicted molar refractivity (Wildman–Crippen MR) is 80.1 cm³/mol. The topological polar surface area (TPSA) is 125 Å². The summed E-state index contributed by atoms with van der Waals surface area (Å²) in [6, 6.07) is 5.66. The summed E-state index contributed by atoms with van der Waals surface area (Å²) >= 11 is 0. The molecule has 0 saturated carbocycles. The van der Waals surface area contributed by atoms with Crippen LogP contribution in [0.4, 0.5) is 14.7 Å². The molecule has 0 aliphatic rings. The largest absolute Gasteiger partial charge is 0.490 e. The molecule has 25 heavy (non-hydrogen) atoms. The third-order valence-electron chi connectivity index (χ3n) is 2.76. The number of rotatable bonds is 8. The van der Waals surface area contributed by atoms with Gasteiger partial charge in [0.1, 0.15) is 5.75 Å². The van der Waals surface area contributed by atoms with Crippen LogP contribution in [-0.2, 0) is 11.3 Å². The number of ether oxygens (including phenoxy) is 1. The smallest absolute Gasteiger partial charge is 0.435 e. The average Bonchev–Trinajstić information content (AvgIpc) is 3.03. The Morgan fingerprint density at radius 1 is 1.44 bits per heavy atom. The second-order valence-corrected chi connectivity index (χ2v) is 4.56. The fourth-order valence-corrected chi connectivity index (χ4v) is 1.66. The summed E-state index contributed by atoms with van der Waals surface area (Å²) in [5, 5.41) is 17.7. The summed E-state index contributed by atoms with van der Waals surface area (Å²) < 4.78 is 29.4. The fourth-order valence-electron chi connectivity index (χ4n) is 1.66. The molecule has 1 amide bonds. The van der Waals surface area contributed by atoms with Gasteiger partial charge in [-0.2, -0.15) is 18.6 Å². The van der Waals surface area contributed by atoms with E-state index in [0.29, 0.717) is 5.56 Å². The molecule has 0 atom stereocenters. The summed E-state index contributed by atoms with van der Waals surface area (Å²) in [5.41, 5.74) is 2.83. The number of halogens is 2. The fraction of sp³-hybridized carbons (Fsp3) is 0.231. The van der Waals surface area contributed by atoms with Crippen LogP contribution in [0.3, 0.4) is 0 Å². The van der Waals surface area contributed by atoms with Crippen molar-refractivity contribution in [3.05, 3.63) is 46.3 Å². The number of nitro groups is 1. The van der Waals surface area contributed by atoms with Gasteiger partial charge in [0.05, 0.1) is 12.8 Å². The lowest BCUT2D eigenvalue weighted by atomic mass is 10.2. The number of nitrogens with zero attached hydrogens (tertiary/aromatic N) is 5. The van der Waals surface area contributed by atoms with Crippen molar-refractivity contribution in [3.63, 3.8) is 0 Å². The molecule has 10 nitrogen and oxygen atoms in total. The zero-order valence-electron chi connectivity index (χ0n) is 12.6.